The molecule has 0 bridgehead atoms. The Bertz CT molecular complexity index is 522. The van der Waals surface area contributed by atoms with Gasteiger partial charge in [0.1, 0.15) is 0 Å². The Hall–Kier alpha value is -1.75. The number of aliphatic hydroxyl groups is 1. The van der Waals surface area contributed by atoms with E-state index in [4.69, 9.17) is 0 Å². The van der Waals surface area contributed by atoms with Crippen molar-refractivity contribution >= 4 is 17.4 Å². The van der Waals surface area contributed by atoms with Gasteiger partial charge in [-0.1, -0.05) is 20.3 Å². The van der Waals surface area contributed by atoms with Crippen molar-refractivity contribution in [3.63, 3.8) is 0 Å². The third-order valence-electron chi connectivity index (χ3n) is 5.13. The van der Waals surface area contributed by atoms with E-state index in [0.717, 1.165) is 25.2 Å². The van der Waals surface area contributed by atoms with Gasteiger partial charge in [0, 0.05) is 31.0 Å². The largest absolute Gasteiger partial charge is 0.388 e. The maximum atomic E-state index is 12.0. The third-order valence-corrected chi connectivity index (χ3v) is 5.13. The van der Waals surface area contributed by atoms with Crippen LogP contribution in [-0.2, 0) is 0 Å². The predicted octanol–water partition coefficient (Wildman–Crippen LogP) is 3.60. The van der Waals surface area contributed by atoms with Gasteiger partial charge in [0.25, 0.3) is 0 Å². The van der Waals surface area contributed by atoms with Crippen LogP contribution >= 0.6 is 0 Å². The second-order valence-electron chi connectivity index (χ2n) is 7.07. The number of amides is 2. The summed E-state index contributed by atoms with van der Waals surface area (Å²) in [6.07, 6.45) is 4.68. The van der Waals surface area contributed by atoms with Crippen molar-refractivity contribution in [1.82, 2.24) is 5.32 Å². The molecule has 5 heteroatoms. The number of hydrogen-bond acceptors (Lipinski definition) is 3. The summed E-state index contributed by atoms with van der Waals surface area (Å²) in [6.45, 7) is 8.23. The summed E-state index contributed by atoms with van der Waals surface area (Å²) >= 11 is 0. The molecular formula is C19H31N3O2. The molecule has 0 saturated carbocycles. The Morgan fingerprint density at radius 2 is 1.88 bits per heavy atom. The second-order valence-corrected chi connectivity index (χ2v) is 7.07. The maximum Gasteiger partial charge on any atom is 0.319 e. The molecule has 0 spiro atoms. The smallest absolute Gasteiger partial charge is 0.319 e. The van der Waals surface area contributed by atoms with E-state index in [2.05, 4.69) is 27.7 Å². The van der Waals surface area contributed by atoms with Crippen molar-refractivity contribution in [2.75, 3.05) is 29.9 Å². The summed E-state index contributed by atoms with van der Waals surface area (Å²) < 4.78 is 0. The van der Waals surface area contributed by atoms with Crippen LogP contribution in [0.1, 0.15) is 46.5 Å². The predicted molar refractivity (Wildman–Crippen MR) is 99.6 cm³/mol. The summed E-state index contributed by atoms with van der Waals surface area (Å²) in [7, 11) is 0. The van der Waals surface area contributed by atoms with Gasteiger partial charge in [0.15, 0.2) is 0 Å². The molecule has 1 saturated heterocycles. The fraction of sp³-hybridized carbons (Fsp3) is 0.632. The molecule has 1 fully saturated rings. The highest BCUT2D eigenvalue weighted by molar-refractivity contribution is 5.89. The molecule has 0 aromatic heterocycles. The Morgan fingerprint density at radius 3 is 2.46 bits per heavy atom. The van der Waals surface area contributed by atoms with Crippen molar-refractivity contribution < 1.29 is 9.90 Å². The van der Waals surface area contributed by atoms with Gasteiger partial charge in [-0.25, -0.2) is 4.79 Å². The minimum atomic E-state index is -0.899. The van der Waals surface area contributed by atoms with Crippen LogP contribution < -0.4 is 15.5 Å². The number of carbonyl (C=O) groups excluding carboxylic acids is 1. The lowest BCUT2D eigenvalue weighted by molar-refractivity contribution is 0.00827. The van der Waals surface area contributed by atoms with Crippen molar-refractivity contribution in [2.45, 2.75) is 52.1 Å². The minimum absolute atomic E-state index is 0.127. The van der Waals surface area contributed by atoms with E-state index in [-0.39, 0.29) is 18.5 Å². The highest BCUT2D eigenvalue weighted by Crippen LogP contribution is 2.22. The molecule has 0 aliphatic carbocycles. The number of nitrogens with zero attached hydrogens (tertiary/aromatic N) is 1. The fourth-order valence-electron chi connectivity index (χ4n) is 2.96. The number of benzene rings is 1. The first-order chi connectivity index (χ1) is 11.4. The highest BCUT2D eigenvalue weighted by Gasteiger charge is 2.27. The summed E-state index contributed by atoms with van der Waals surface area (Å²) in [6, 6.07) is 7.67. The molecule has 0 radical (unpaired) electrons. The van der Waals surface area contributed by atoms with Gasteiger partial charge < -0.3 is 20.6 Å². The lowest BCUT2D eigenvalue weighted by Gasteiger charge is -2.30. The topological polar surface area (TPSA) is 64.6 Å². The molecule has 1 aromatic rings. The lowest BCUT2D eigenvalue weighted by Crippen LogP contribution is -2.46. The van der Waals surface area contributed by atoms with Gasteiger partial charge in [-0.05, 0) is 56.4 Å². The zero-order valence-corrected chi connectivity index (χ0v) is 15.1. The van der Waals surface area contributed by atoms with Crippen molar-refractivity contribution in [2.24, 2.45) is 5.92 Å². The van der Waals surface area contributed by atoms with E-state index in [9.17, 15) is 9.90 Å². The number of piperidine rings is 1. The quantitative estimate of drug-likeness (QED) is 0.745. The van der Waals surface area contributed by atoms with E-state index in [1.54, 1.807) is 6.92 Å². The van der Waals surface area contributed by atoms with Crippen LogP contribution in [0.5, 0.6) is 0 Å². The van der Waals surface area contributed by atoms with E-state index >= 15 is 0 Å². The first-order valence-electron chi connectivity index (χ1n) is 9.04. The number of anilines is 2. The Labute approximate surface area is 145 Å². The molecule has 1 aromatic carbocycles. The monoisotopic (exact) mass is 333 g/mol. The molecule has 24 heavy (non-hydrogen) atoms. The van der Waals surface area contributed by atoms with Gasteiger partial charge in [0.2, 0.25) is 0 Å². The molecule has 2 atom stereocenters. The number of hydrogen-bond donors (Lipinski definition) is 3. The number of carbonyl (C=O) groups is 1. The number of urea groups is 1. The van der Waals surface area contributed by atoms with Crippen molar-refractivity contribution in [1.29, 1.82) is 0 Å². The molecule has 134 valence electrons. The van der Waals surface area contributed by atoms with Crippen LogP contribution in [0.2, 0.25) is 0 Å². The molecular weight excluding hydrogens is 302 g/mol. The maximum absolute atomic E-state index is 12.0. The Kier molecular flexibility index (Phi) is 6.49. The number of rotatable bonds is 6. The van der Waals surface area contributed by atoms with Crippen molar-refractivity contribution in [3.8, 4) is 0 Å². The lowest BCUT2D eigenvalue weighted by atomic mass is 9.89. The van der Waals surface area contributed by atoms with Crippen LogP contribution in [0.25, 0.3) is 0 Å². The van der Waals surface area contributed by atoms with E-state index in [0.29, 0.717) is 0 Å². The van der Waals surface area contributed by atoms with Gasteiger partial charge in [-0.2, -0.15) is 0 Å². The van der Waals surface area contributed by atoms with Gasteiger partial charge in [0.05, 0.1) is 5.60 Å². The Morgan fingerprint density at radius 1 is 1.25 bits per heavy atom. The zero-order valence-electron chi connectivity index (χ0n) is 15.1. The van der Waals surface area contributed by atoms with Crippen molar-refractivity contribution in [3.05, 3.63) is 24.3 Å². The van der Waals surface area contributed by atoms with Gasteiger partial charge in [-0.3, -0.25) is 0 Å². The Balaban J connectivity index is 1.83. The molecule has 2 rings (SSSR count). The first-order valence-corrected chi connectivity index (χ1v) is 9.04. The fourth-order valence-corrected chi connectivity index (χ4v) is 2.96. The van der Waals surface area contributed by atoms with Crippen LogP contribution in [0.3, 0.4) is 0 Å². The molecule has 3 N–H and O–H groups in total. The molecule has 1 aliphatic rings. The van der Waals surface area contributed by atoms with E-state index in [1.165, 1.54) is 24.9 Å². The summed E-state index contributed by atoms with van der Waals surface area (Å²) in [4.78, 5) is 14.4. The zero-order chi connectivity index (χ0) is 17.6. The van der Waals surface area contributed by atoms with Gasteiger partial charge in [-0.15, -0.1) is 0 Å². The molecule has 2 amide bonds. The highest BCUT2D eigenvalue weighted by atomic mass is 16.3. The van der Waals surface area contributed by atoms with Crippen LogP contribution in [0, 0.1) is 5.92 Å². The molecule has 2 unspecified atom stereocenters. The molecule has 1 heterocycles. The SMILES string of the molecule is CCC(C)C(C)(O)CNC(=O)Nc1ccc(N2CCCCC2)cc1. The third kappa shape index (κ3) is 5.13. The first kappa shape index (κ1) is 18.6. The van der Waals surface area contributed by atoms with E-state index < -0.39 is 5.60 Å². The summed E-state index contributed by atoms with van der Waals surface area (Å²) in [5, 5.41) is 15.9. The van der Waals surface area contributed by atoms with Crippen LogP contribution in [-0.4, -0.2) is 36.4 Å². The van der Waals surface area contributed by atoms with Gasteiger partial charge >= 0.3 is 6.03 Å². The minimum Gasteiger partial charge on any atom is -0.388 e. The average Bonchev–Trinajstić information content (AvgIpc) is 2.60. The normalized spacial score (nSPS) is 18.6. The van der Waals surface area contributed by atoms with Crippen LogP contribution in [0.4, 0.5) is 16.2 Å². The molecule has 1 aliphatic heterocycles. The molecule has 5 nitrogen and oxygen atoms in total. The summed E-state index contributed by atoms with van der Waals surface area (Å²) in [5.41, 5.74) is 1.07. The number of nitrogens with one attached hydrogen (secondary N) is 2. The standard InChI is InChI=1S/C19H31N3O2/c1-4-15(2)19(3,24)14-20-18(23)21-16-8-10-17(11-9-16)22-12-6-5-7-13-22/h8-11,15,24H,4-7,12-14H2,1-3H3,(H2,20,21,23). The average molecular weight is 333 g/mol. The van der Waals surface area contributed by atoms with E-state index in [1.807, 2.05) is 26.0 Å². The van der Waals surface area contributed by atoms with Crippen LogP contribution in [0.15, 0.2) is 24.3 Å². The second kappa shape index (κ2) is 8.38. The summed E-state index contributed by atoms with van der Waals surface area (Å²) in [5.74, 6) is 0.127.